The molecule has 8 nitrogen and oxygen atoms in total. The third-order valence-corrected chi connectivity index (χ3v) is 6.31. The highest BCUT2D eigenvalue weighted by Crippen LogP contribution is 2.26. The van der Waals surface area contributed by atoms with Crippen molar-refractivity contribution in [3.8, 4) is 0 Å². The van der Waals surface area contributed by atoms with Crippen molar-refractivity contribution < 1.29 is 24.0 Å². The van der Waals surface area contributed by atoms with Crippen LogP contribution in [0, 0.1) is 0 Å². The quantitative estimate of drug-likeness (QED) is 0.546. The summed E-state index contributed by atoms with van der Waals surface area (Å²) in [5.41, 5.74) is 2.43. The Morgan fingerprint density at radius 1 is 1.14 bits per heavy atom. The standard InChI is InChI=1S/C26H24ClN3O5/c1-15(11-20(31)12-16-5-7-18(27)8-6-16)17-3-2-4-19(13-17)28-21-14-24(33)30(26(21)35)22-9-10-23(32)29-25(22)34/h2-8,13-15,22,28H,9-12H2,1H3,(H,29,32,34). The van der Waals surface area contributed by atoms with Crippen LogP contribution in [0.3, 0.4) is 0 Å². The second kappa shape index (κ2) is 10.2. The number of nitrogens with one attached hydrogen (secondary N) is 2. The first-order chi connectivity index (χ1) is 16.7. The molecule has 0 saturated carbocycles. The average Bonchev–Trinajstić information content (AvgIpc) is 3.08. The van der Waals surface area contributed by atoms with Crippen molar-refractivity contribution in [3.63, 3.8) is 0 Å². The van der Waals surface area contributed by atoms with Crippen LogP contribution in [0.5, 0.6) is 0 Å². The third-order valence-electron chi connectivity index (χ3n) is 6.06. The Morgan fingerprint density at radius 3 is 2.60 bits per heavy atom. The number of hydrogen-bond donors (Lipinski definition) is 2. The summed E-state index contributed by atoms with van der Waals surface area (Å²) in [5.74, 6) is -2.28. The Morgan fingerprint density at radius 2 is 1.89 bits per heavy atom. The monoisotopic (exact) mass is 493 g/mol. The van der Waals surface area contributed by atoms with Crippen LogP contribution < -0.4 is 10.6 Å². The molecule has 180 valence electrons. The molecule has 1 saturated heterocycles. The normalized spacial score (nSPS) is 18.9. The van der Waals surface area contributed by atoms with E-state index in [1.165, 1.54) is 0 Å². The lowest BCUT2D eigenvalue weighted by atomic mass is 9.93. The number of halogens is 1. The fraction of sp³-hybridized carbons (Fsp3) is 0.269. The molecule has 2 N–H and O–H groups in total. The Bertz CT molecular complexity index is 1240. The summed E-state index contributed by atoms with van der Waals surface area (Å²) in [4.78, 5) is 62.3. The van der Waals surface area contributed by atoms with E-state index in [9.17, 15) is 24.0 Å². The maximum Gasteiger partial charge on any atom is 0.278 e. The van der Waals surface area contributed by atoms with Gasteiger partial charge in [-0.15, -0.1) is 0 Å². The predicted molar refractivity (Wildman–Crippen MR) is 129 cm³/mol. The number of benzene rings is 2. The first-order valence-electron chi connectivity index (χ1n) is 11.3. The van der Waals surface area contributed by atoms with Gasteiger partial charge in [-0.05, 0) is 47.7 Å². The van der Waals surface area contributed by atoms with E-state index >= 15 is 0 Å². The molecule has 2 aromatic rings. The maximum absolute atomic E-state index is 12.9. The number of Topliss-reactive ketones (excluding diaryl/α,β-unsaturated/α-hetero) is 1. The number of rotatable bonds is 8. The molecule has 2 atom stereocenters. The molecule has 2 aromatic carbocycles. The lowest BCUT2D eigenvalue weighted by molar-refractivity contribution is -0.149. The van der Waals surface area contributed by atoms with E-state index in [0.29, 0.717) is 23.6 Å². The summed E-state index contributed by atoms with van der Waals surface area (Å²) in [6.07, 6.45) is 1.97. The van der Waals surface area contributed by atoms with Crippen LogP contribution in [0.4, 0.5) is 5.69 Å². The van der Waals surface area contributed by atoms with Gasteiger partial charge in [0, 0.05) is 36.0 Å². The molecule has 2 heterocycles. The smallest absolute Gasteiger partial charge is 0.278 e. The summed E-state index contributed by atoms with van der Waals surface area (Å²) in [6.45, 7) is 1.95. The minimum absolute atomic E-state index is 0.0447. The van der Waals surface area contributed by atoms with Gasteiger partial charge in [0.25, 0.3) is 11.8 Å². The van der Waals surface area contributed by atoms with Crippen LogP contribution in [0.15, 0.2) is 60.3 Å². The number of amides is 4. The van der Waals surface area contributed by atoms with Crippen LogP contribution in [0.2, 0.25) is 5.02 Å². The SMILES string of the molecule is CC(CC(=O)Cc1ccc(Cl)cc1)c1cccc(NC2=CC(=O)N(C3CCC(=O)NC3=O)C2=O)c1. The molecule has 0 aromatic heterocycles. The van der Waals surface area contributed by atoms with Crippen molar-refractivity contribution in [1.29, 1.82) is 0 Å². The minimum atomic E-state index is -1.01. The fourth-order valence-electron chi connectivity index (χ4n) is 4.24. The lowest BCUT2D eigenvalue weighted by Crippen LogP contribution is -2.54. The molecule has 2 unspecified atom stereocenters. The highest BCUT2D eigenvalue weighted by atomic mass is 35.5. The number of nitrogens with zero attached hydrogens (tertiary/aromatic N) is 1. The summed E-state index contributed by atoms with van der Waals surface area (Å²) in [7, 11) is 0. The Labute approximate surface area is 207 Å². The van der Waals surface area contributed by atoms with Crippen LogP contribution in [0.25, 0.3) is 0 Å². The van der Waals surface area contributed by atoms with E-state index in [-0.39, 0.29) is 30.2 Å². The number of anilines is 1. The van der Waals surface area contributed by atoms with Crippen molar-refractivity contribution >= 4 is 46.7 Å². The first-order valence-corrected chi connectivity index (χ1v) is 11.6. The van der Waals surface area contributed by atoms with Gasteiger partial charge in [-0.1, -0.05) is 42.8 Å². The molecule has 1 fully saturated rings. The van der Waals surface area contributed by atoms with E-state index in [0.717, 1.165) is 22.1 Å². The zero-order valence-corrected chi connectivity index (χ0v) is 19.8. The van der Waals surface area contributed by atoms with Gasteiger partial charge in [0.15, 0.2) is 0 Å². The number of carbonyl (C=O) groups is 5. The highest BCUT2D eigenvalue weighted by molar-refractivity contribution is 6.30. The molecule has 35 heavy (non-hydrogen) atoms. The van der Waals surface area contributed by atoms with Crippen LogP contribution in [-0.4, -0.2) is 40.4 Å². The van der Waals surface area contributed by atoms with Gasteiger partial charge in [0.1, 0.15) is 17.5 Å². The largest absolute Gasteiger partial charge is 0.351 e. The van der Waals surface area contributed by atoms with Gasteiger partial charge in [0.05, 0.1) is 0 Å². The van der Waals surface area contributed by atoms with Gasteiger partial charge in [-0.25, -0.2) is 0 Å². The lowest BCUT2D eigenvalue weighted by Gasteiger charge is -2.28. The second-order valence-electron chi connectivity index (χ2n) is 8.74. The molecule has 4 rings (SSSR count). The van der Waals surface area contributed by atoms with E-state index in [1.54, 1.807) is 24.3 Å². The number of imide groups is 2. The van der Waals surface area contributed by atoms with E-state index < -0.39 is 29.7 Å². The minimum Gasteiger partial charge on any atom is -0.351 e. The van der Waals surface area contributed by atoms with Gasteiger partial charge < -0.3 is 5.32 Å². The molecular formula is C26H24ClN3O5. The van der Waals surface area contributed by atoms with Crippen molar-refractivity contribution in [1.82, 2.24) is 10.2 Å². The number of piperidine rings is 1. The van der Waals surface area contributed by atoms with Crippen molar-refractivity contribution in [2.45, 2.75) is 44.6 Å². The summed E-state index contributed by atoms with van der Waals surface area (Å²) in [5, 5.41) is 5.75. The van der Waals surface area contributed by atoms with E-state index in [2.05, 4.69) is 10.6 Å². The predicted octanol–water partition coefficient (Wildman–Crippen LogP) is 3.12. The molecule has 4 amide bonds. The van der Waals surface area contributed by atoms with Crippen molar-refractivity contribution in [2.24, 2.45) is 0 Å². The molecule has 0 aliphatic carbocycles. The van der Waals surface area contributed by atoms with Gasteiger partial charge in [-0.2, -0.15) is 0 Å². The Kier molecular flexibility index (Phi) is 7.12. The molecule has 9 heteroatoms. The molecule has 0 bridgehead atoms. The van der Waals surface area contributed by atoms with Crippen LogP contribution in [-0.2, 0) is 30.4 Å². The number of carbonyl (C=O) groups excluding carboxylic acids is 5. The zero-order valence-electron chi connectivity index (χ0n) is 19.0. The maximum atomic E-state index is 12.9. The number of ketones is 1. The first kappa shape index (κ1) is 24.3. The van der Waals surface area contributed by atoms with E-state index in [4.69, 9.17) is 11.6 Å². The summed E-state index contributed by atoms with van der Waals surface area (Å²) in [6, 6.07) is 13.5. The Balaban J connectivity index is 1.39. The fourth-order valence-corrected chi connectivity index (χ4v) is 4.36. The number of hydrogen-bond acceptors (Lipinski definition) is 6. The van der Waals surface area contributed by atoms with Gasteiger partial charge in [0.2, 0.25) is 11.8 Å². The van der Waals surface area contributed by atoms with E-state index in [1.807, 2.05) is 31.2 Å². The highest BCUT2D eigenvalue weighted by Gasteiger charge is 2.42. The molecule has 0 spiro atoms. The van der Waals surface area contributed by atoms with Gasteiger partial charge >= 0.3 is 0 Å². The van der Waals surface area contributed by atoms with Gasteiger partial charge in [-0.3, -0.25) is 34.2 Å². The van der Waals surface area contributed by atoms with Crippen LogP contribution >= 0.6 is 11.6 Å². The summed E-state index contributed by atoms with van der Waals surface area (Å²) < 4.78 is 0. The van der Waals surface area contributed by atoms with Crippen LogP contribution in [0.1, 0.15) is 43.2 Å². The topological polar surface area (TPSA) is 113 Å². The molecule has 0 radical (unpaired) electrons. The molecular weight excluding hydrogens is 470 g/mol. The summed E-state index contributed by atoms with van der Waals surface area (Å²) >= 11 is 5.90. The molecule has 2 aliphatic rings. The zero-order chi connectivity index (χ0) is 25.1. The second-order valence-corrected chi connectivity index (χ2v) is 9.17. The Hall–Kier alpha value is -3.78. The average molecular weight is 494 g/mol. The molecule has 2 aliphatic heterocycles. The third kappa shape index (κ3) is 5.66. The van der Waals surface area contributed by atoms with Crippen molar-refractivity contribution in [2.75, 3.05) is 5.32 Å². The van der Waals surface area contributed by atoms with Crippen molar-refractivity contribution in [3.05, 3.63) is 76.5 Å².